The van der Waals surface area contributed by atoms with Gasteiger partial charge in [-0.1, -0.05) is 12.1 Å². The molecule has 0 saturated carbocycles. The summed E-state index contributed by atoms with van der Waals surface area (Å²) in [7, 11) is 0. The maximum atomic E-state index is 11.8. The number of carbonyl (C=O) groups is 1. The number of hydrogen-bond acceptors (Lipinski definition) is 3. The number of nitrogens with two attached hydrogens (primary N) is 1. The number of ether oxygens (including phenoxy) is 1. The lowest BCUT2D eigenvalue weighted by atomic mass is 10.1. The molecule has 0 saturated heterocycles. The van der Waals surface area contributed by atoms with Crippen molar-refractivity contribution in [2.24, 2.45) is 5.73 Å². The minimum absolute atomic E-state index is 0.226. The van der Waals surface area contributed by atoms with Crippen molar-refractivity contribution in [1.82, 2.24) is 0 Å². The summed E-state index contributed by atoms with van der Waals surface area (Å²) >= 11 is 0. The molecule has 0 radical (unpaired) electrons. The Balaban J connectivity index is 2.09. The van der Waals surface area contributed by atoms with Crippen LogP contribution in [-0.2, 0) is 4.79 Å². The molecule has 2 aromatic carbocycles. The Morgan fingerprint density at radius 2 is 1.73 bits per heavy atom. The zero-order chi connectivity index (χ0) is 16.3. The Kier molecular flexibility index (Phi) is 4.52. The highest BCUT2D eigenvalue weighted by Crippen LogP contribution is 2.27. The molecule has 0 fully saturated rings. The van der Waals surface area contributed by atoms with Crippen molar-refractivity contribution < 1.29 is 9.53 Å². The van der Waals surface area contributed by atoms with Gasteiger partial charge in [-0.25, -0.2) is 0 Å². The van der Waals surface area contributed by atoms with Crippen LogP contribution in [0.5, 0.6) is 11.5 Å². The van der Waals surface area contributed by atoms with Crippen LogP contribution in [-0.4, -0.2) is 11.4 Å². The molecule has 1 amide bonds. The summed E-state index contributed by atoms with van der Waals surface area (Å²) in [5.41, 5.74) is 7.84. The molecule has 22 heavy (non-hydrogen) atoms. The van der Waals surface area contributed by atoms with Crippen LogP contribution >= 0.6 is 0 Å². The number of aryl methyl sites for hydroxylation is 1. The fourth-order valence-corrected chi connectivity index (χ4v) is 1.86. The Bertz CT molecular complexity index is 670. The second kappa shape index (κ2) is 6.20. The number of rotatable bonds is 4. The molecule has 0 aliphatic rings. The van der Waals surface area contributed by atoms with Gasteiger partial charge in [0.25, 0.3) is 0 Å². The summed E-state index contributed by atoms with van der Waals surface area (Å²) in [6.07, 6.45) is 0. The van der Waals surface area contributed by atoms with Gasteiger partial charge in [-0.05, 0) is 69.2 Å². The van der Waals surface area contributed by atoms with Crippen molar-refractivity contribution >= 4 is 11.6 Å². The lowest BCUT2D eigenvalue weighted by molar-refractivity contribution is -0.120. The van der Waals surface area contributed by atoms with Crippen LogP contribution in [0, 0.1) is 13.8 Å². The molecule has 3 N–H and O–H groups in total. The molecule has 0 aliphatic heterocycles. The van der Waals surface area contributed by atoms with Crippen molar-refractivity contribution in [2.75, 3.05) is 5.32 Å². The Morgan fingerprint density at radius 3 is 2.32 bits per heavy atom. The van der Waals surface area contributed by atoms with E-state index < -0.39 is 5.54 Å². The highest BCUT2D eigenvalue weighted by Gasteiger charge is 2.21. The second-order valence-electron chi connectivity index (χ2n) is 6.00. The molecule has 0 bridgehead atoms. The van der Waals surface area contributed by atoms with Crippen LogP contribution in [0.25, 0.3) is 0 Å². The van der Waals surface area contributed by atoms with E-state index in [2.05, 4.69) is 18.3 Å². The lowest BCUT2D eigenvalue weighted by Gasteiger charge is -2.18. The highest BCUT2D eigenvalue weighted by molar-refractivity contribution is 5.97. The van der Waals surface area contributed by atoms with E-state index in [9.17, 15) is 4.79 Å². The van der Waals surface area contributed by atoms with E-state index in [1.54, 1.807) is 26.0 Å². The van der Waals surface area contributed by atoms with Gasteiger partial charge in [-0.2, -0.15) is 0 Å². The van der Waals surface area contributed by atoms with Gasteiger partial charge in [0.05, 0.1) is 5.54 Å². The summed E-state index contributed by atoms with van der Waals surface area (Å²) in [5.74, 6) is 1.33. The van der Waals surface area contributed by atoms with Crippen molar-refractivity contribution in [3.05, 3.63) is 53.6 Å². The number of anilines is 1. The third-order valence-corrected chi connectivity index (χ3v) is 3.48. The fraction of sp³-hybridized carbons (Fsp3) is 0.278. The Hall–Kier alpha value is -2.33. The van der Waals surface area contributed by atoms with Crippen LogP contribution in [0.2, 0.25) is 0 Å². The maximum Gasteiger partial charge on any atom is 0.243 e. The summed E-state index contributed by atoms with van der Waals surface area (Å²) in [4.78, 5) is 11.8. The van der Waals surface area contributed by atoms with Gasteiger partial charge in [-0.3, -0.25) is 4.79 Å². The Labute approximate surface area is 131 Å². The Morgan fingerprint density at radius 1 is 1.09 bits per heavy atom. The van der Waals surface area contributed by atoms with Gasteiger partial charge in [0.1, 0.15) is 11.5 Å². The number of hydrogen-bond donors (Lipinski definition) is 2. The summed E-state index contributed by atoms with van der Waals surface area (Å²) < 4.78 is 5.88. The average molecular weight is 298 g/mol. The molecule has 0 atom stereocenters. The van der Waals surface area contributed by atoms with Crippen molar-refractivity contribution in [1.29, 1.82) is 0 Å². The van der Waals surface area contributed by atoms with Gasteiger partial charge < -0.3 is 15.8 Å². The van der Waals surface area contributed by atoms with E-state index in [4.69, 9.17) is 10.5 Å². The molecule has 2 rings (SSSR count). The smallest absolute Gasteiger partial charge is 0.243 e. The van der Waals surface area contributed by atoms with Crippen LogP contribution in [0.3, 0.4) is 0 Å². The third kappa shape index (κ3) is 3.86. The molecule has 0 spiro atoms. The molecule has 0 heterocycles. The number of benzene rings is 2. The maximum absolute atomic E-state index is 11.8. The zero-order valence-corrected chi connectivity index (χ0v) is 13.4. The van der Waals surface area contributed by atoms with E-state index in [1.807, 2.05) is 31.2 Å². The number of nitrogens with one attached hydrogen (secondary N) is 1. The third-order valence-electron chi connectivity index (χ3n) is 3.48. The number of amides is 1. The van der Waals surface area contributed by atoms with Crippen LogP contribution in [0.15, 0.2) is 42.5 Å². The first-order valence-electron chi connectivity index (χ1n) is 7.22. The van der Waals surface area contributed by atoms with Gasteiger partial charge in [0.2, 0.25) is 5.91 Å². The van der Waals surface area contributed by atoms with E-state index in [0.717, 1.165) is 17.1 Å². The predicted molar refractivity (Wildman–Crippen MR) is 89.3 cm³/mol. The van der Waals surface area contributed by atoms with Crippen LogP contribution < -0.4 is 15.8 Å². The molecule has 0 aliphatic carbocycles. The monoisotopic (exact) mass is 298 g/mol. The second-order valence-corrected chi connectivity index (χ2v) is 6.00. The molecule has 0 unspecified atom stereocenters. The summed E-state index contributed by atoms with van der Waals surface area (Å²) in [6, 6.07) is 13.2. The zero-order valence-electron chi connectivity index (χ0n) is 13.4. The largest absolute Gasteiger partial charge is 0.457 e. The molecule has 2 aromatic rings. The van der Waals surface area contributed by atoms with E-state index in [1.165, 1.54) is 5.56 Å². The molecule has 4 heteroatoms. The average Bonchev–Trinajstić information content (AvgIpc) is 2.45. The fourth-order valence-electron chi connectivity index (χ4n) is 1.86. The summed E-state index contributed by atoms with van der Waals surface area (Å²) in [5, 5.41) is 2.77. The predicted octanol–water partition coefficient (Wildman–Crippen LogP) is 3.77. The van der Waals surface area contributed by atoms with Gasteiger partial charge in [0.15, 0.2) is 0 Å². The molecule has 4 nitrogen and oxygen atoms in total. The minimum atomic E-state index is -0.909. The first kappa shape index (κ1) is 16.0. The van der Waals surface area contributed by atoms with Gasteiger partial charge in [0, 0.05) is 5.69 Å². The standard InChI is InChI=1S/C18H22N2O2/c1-12-6-5-7-16(13(12)2)22-15-10-8-14(9-11-15)20-17(21)18(3,4)19/h5-11H,19H2,1-4H3,(H,20,21). The van der Waals surface area contributed by atoms with Gasteiger partial charge in [-0.15, -0.1) is 0 Å². The van der Waals surface area contributed by atoms with Crippen molar-refractivity contribution in [3.8, 4) is 11.5 Å². The summed E-state index contributed by atoms with van der Waals surface area (Å²) in [6.45, 7) is 7.42. The highest BCUT2D eigenvalue weighted by atomic mass is 16.5. The van der Waals surface area contributed by atoms with Crippen molar-refractivity contribution in [3.63, 3.8) is 0 Å². The quantitative estimate of drug-likeness (QED) is 0.903. The SMILES string of the molecule is Cc1cccc(Oc2ccc(NC(=O)C(C)(C)N)cc2)c1C. The first-order valence-corrected chi connectivity index (χ1v) is 7.22. The van der Waals surface area contributed by atoms with E-state index in [-0.39, 0.29) is 5.91 Å². The van der Waals surface area contributed by atoms with E-state index >= 15 is 0 Å². The molecule has 0 aromatic heterocycles. The van der Waals surface area contributed by atoms with Crippen LogP contribution in [0.4, 0.5) is 5.69 Å². The van der Waals surface area contributed by atoms with E-state index in [0.29, 0.717) is 5.69 Å². The lowest BCUT2D eigenvalue weighted by Crippen LogP contribution is -2.45. The van der Waals surface area contributed by atoms with Crippen molar-refractivity contribution in [2.45, 2.75) is 33.2 Å². The minimum Gasteiger partial charge on any atom is -0.457 e. The number of carbonyl (C=O) groups excluding carboxylic acids is 1. The molecule has 116 valence electrons. The topological polar surface area (TPSA) is 64.3 Å². The van der Waals surface area contributed by atoms with Gasteiger partial charge >= 0.3 is 0 Å². The molecular formula is C18H22N2O2. The van der Waals surface area contributed by atoms with Crippen LogP contribution in [0.1, 0.15) is 25.0 Å². The molecular weight excluding hydrogens is 276 g/mol. The normalized spacial score (nSPS) is 11.1. The first-order chi connectivity index (χ1) is 10.3.